The van der Waals surface area contributed by atoms with E-state index in [0.717, 1.165) is 73.1 Å². The summed E-state index contributed by atoms with van der Waals surface area (Å²) in [6, 6.07) is 14.3. The zero-order valence-corrected chi connectivity index (χ0v) is 21.5. The number of hydrogen-bond acceptors (Lipinski definition) is 5. The molecule has 37 heavy (non-hydrogen) atoms. The van der Waals surface area contributed by atoms with Crippen molar-refractivity contribution in [1.29, 1.82) is 0 Å². The van der Waals surface area contributed by atoms with Gasteiger partial charge in [-0.15, -0.1) is 0 Å². The third-order valence-electron chi connectivity index (χ3n) is 7.69. The van der Waals surface area contributed by atoms with E-state index in [1.807, 2.05) is 30.3 Å². The Labute approximate surface area is 218 Å². The molecule has 2 N–H and O–H groups in total. The van der Waals surface area contributed by atoms with Crippen LogP contribution in [-0.4, -0.2) is 52.8 Å². The van der Waals surface area contributed by atoms with Gasteiger partial charge in [0, 0.05) is 24.5 Å². The average Bonchev–Trinajstić information content (AvgIpc) is 2.90. The summed E-state index contributed by atoms with van der Waals surface area (Å²) < 4.78 is 18.8. The number of hydrogen-bond donors (Lipinski definition) is 2. The van der Waals surface area contributed by atoms with Gasteiger partial charge in [0.05, 0.1) is 18.7 Å². The number of pyridine rings is 1. The van der Waals surface area contributed by atoms with Crippen molar-refractivity contribution in [3.05, 3.63) is 71.7 Å². The zero-order valence-electron chi connectivity index (χ0n) is 21.5. The number of aromatic nitrogens is 1. The molecule has 1 aromatic heterocycles. The van der Waals surface area contributed by atoms with Gasteiger partial charge >= 0.3 is 5.97 Å². The van der Waals surface area contributed by atoms with E-state index in [4.69, 9.17) is 4.74 Å². The number of piperidine rings is 1. The SMILES string of the molecule is COc1ccc2nccc(C(O)CC[C@@H]3CCN(CCCc4cccc(F)c4)C[C@@H]3CCC(=O)O)c2c1. The van der Waals surface area contributed by atoms with E-state index in [1.165, 1.54) is 6.07 Å². The molecule has 1 aliphatic heterocycles. The first-order chi connectivity index (χ1) is 17.9. The lowest BCUT2D eigenvalue weighted by molar-refractivity contribution is -0.137. The number of aliphatic hydroxyl groups excluding tert-OH is 1. The Hall–Kier alpha value is -3.03. The minimum absolute atomic E-state index is 0.162. The number of carbonyl (C=O) groups is 1. The molecule has 1 saturated heterocycles. The Morgan fingerprint density at radius 2 is 2.05 bits per heavy atom. The normalized spacial score (nSPS) is 19.1. The molecule has 2 heterocycles. The monoisotopic (exact) mass is 508 g/mol. The number of carboxylic acids is 1. The second kappa shape index (κ2) is 13.0. The molecule has 3 aromatic rings. The van der Waals surface area contributed by atoms with Gasteiger partial charge in [0.1, 0.15) is 11.6 Å². The largest absolute Gasteiger partial charge is 0.497 e. The van der Waals surface area contributed by atoms with Crippen molar-refractivity contribution in [3.63, 3.8) is 0 Å². The molecule has 0 saturated carbocycles. The van der Waals surface area contributed by atoms with Gasteiger partial charge < -0.3 is 19.8 Å². The van der Waals surface area contributed by atoms with Gasteiger partial charge in [-0.2, -0.15) is 0 Å². The fourth-order valence-corrected chi connectivity index (χ4v) is 5.67. The molecule has 1 aliphatic rings. The Balaban J connectivity index is 1.35. The number of aryl methyl sites for hydroxylation is 1. The maximum atomic E-state index is 13.5. The molecule has 0 amide bonds. The molecule has 0 aliphatic carbocycles. The van der Waals surface area contributed by atoms with Gasteiger partial charge in [-0.1, -0.05) is 12.1 Å². The van der Waals surface area contributed by atoms with Crippen LogP contribution in [-0.2, 0) is 11.2 Å². The molecule has 1 fully saturated rings. The minimum Gasteiger partial charge on any atom is -0.497 e. The van der Waals surface area contributed by atoms with E-state index in [-0.39, 0.29) is 18.2 Å². The van der Waals surface area contributed by atoms with Gasteiger partial charge in [0.2, 0.25) is 0 Å². The predicted octanol–water partition coefficient (Wildman–Crippen LogP) is 5.63. The molecule has 1 unspecified atom stereocenters. The van der Waals surface area contributed by atoms with E-state index in [0.29, 0.717) is 18.8 Å². The van der Waals surface area contributed by atoms with Crippen molar-refractivity contribution >= 4 is 16.9 Å². The maximum absolute atomic E-state index is 13.5. The Bertz CT molecular complexity index is 1190. The topological polar surface area (TPSA) is 82.9 Å². The van der Waals surface area contributed by atoms with Gasteiger partial charge in [-0.25, -0.2) is 4.39 Å². The first-order valence-corrected chi connectivity index (χ1v) is 13.2. The van der Waals surface area contributed by atoms with Crippen molar-refractivity contribution in [2.75, 3.05) is 26.7 Å². The van der Waals surface area contributed by atoms with Crippen LogP contribution in [0.25, 0.3) is 10.9 Å². The maximum Gasteiger partial charge on any atom is 0.303 e. The van der Waals surface area contributed by atoms with Crippen molar-refractivity contribution in [1.82, 2.24) is 9.88 Å². The summed E-state index contributed by atoms with van der Waals surface area (Å²) in [6.07, 6.45) is 6.13. The number of benzene rings is 2. The number of halogens is 1. The zero-order chi connectivity index (χ0) is 26.2. The molecule has 0 radical (unpaired) electrons. The Morgan fingerprint density at radius 1 is 1.19 bits per heavy atom. The molecular weight excluding hydrogens is 471 g/mol. The fourth-order valence-electron chi connectivity index (χ4n) is 5.67. The van der Waals surface area contributed by atoms with Gasteiger partial charge in [-0.05, 0) is 111 Å². The van der Waals surface area contributed by atoms with E-state index < -0.39 is 12.1 Å². The molecule has 198 valence electrons. The summed E-state index contributed by atoms with van der Waals surface area (Å²) in [5.74, 6) is 0.413. The number of carboxylic acid groups (broad SMARTS) is 1. The Kier molecular flexibility index (Phi) is 9.47. The average molecular weight is 509 g/mol. The summed E-state index contributed by atoms with van der Waals surface area (Å²) in [5.41, 5.74) is 2.68. The summed E-state index contributed by atoms with van der Waals surface area (Å²) in [5, 5.41) is 21.3. The number of aliphatic carboxylic acids is 1. The highest BCUT2D eigenvalue weighted by molar-refractivity contribution is 5.83. The van der Waals surface area contributed by atoms with Crippen LogP contribution >= 0.6 is 0 Å². The number of ether oxygens (including phenoxy) is 1. The van der Waals surface area contributed by atoms with Crippen LogP contribution in [0.4, 0.5) is 4.39 Å². The summed E-state index contributed by atoms with van der Waals surface area (Å²) in [6.45, 7) is 2.75. The first kappa shape index (κ1) is 27.0. The van der Waals surface area contributed by atoms with Crippen LogP contribution in [0, 0.1) is 17.7 Å². The quantitative estimate of drug-likeness (QED) is 0.330. The number of rotatable bonds is 12. The lowest BCUT2D eigenvalue weighted by atomic mass is 9.79. The van der Waals surface area contributed by atoms with Gasteiger partial charge in [0.15, 0.2) is 0 Å². The smallest absolute Gasteiger partial charge is 0.303 e. The Morgan fingerprint density at radius 3 is 2.84 bits per heavy atom. The van der Waals surface area contributed by atoms with Crippen LogP contribution in [0.2, 0.25) is 0 Å². The number of nitrogens with zero attached hydrogens (tertiary/aromatic N) is 2. The lowest BCUT2D eigenvalue weighted by Crippen LogP contribution is -2.41. The predicted molar refractivity (Wildman–Crippen MR) is 142 cm³/mol. The van der Waals surface area contributed by atoms with Crippen molar-refractivity contribution < 1.29 is 24.1 Å². The molecule has 7 heteroatoms. The highest BCUT2D eigenvalue weighted by Gasteiger charge is 2.30. The lowest BCUT2D eigenvalue weighted by Gasteiger charge is -2.39. The summed E-state index contributed by atoms with van der Waals surface area (Å²) in [4.78, 5) is 18.1. The van der Waals surface area contributed by atoms with Crippen LogP contribution < -0.4 is 4.74 Å². The molecule has 3 atom stereocenters. The molecule has 4 rings (SSSR count). The summed E-state index contributed by atoms with van der Waals surface area (Å²) in [7, 11) is 1.62. The number of methoxy groups -OCH3 is 1. The van der Waals surface area contributed by atoms with Crippen LogP contribution in [0.15, 0.2) is 54.7 Å². The third-order valence-corrected chi connectivity index (χ3v) is 7.69. The third kappa shape index (κ3) is 7.49. The second-order valence-corrected chi connectivity index (χ2v) is 10.2. The molecule has 6 nitrogen and oxygen atoms in total. The van der Waals surface area contributed by atoms with Crippen molar-refractivity contribution in [2.24, 2.45) is 11.8 Å². The molecule has 0 spiro atoms. The fraction of sp³-hybridized carbons (Fsp3) is 0.467. The first-order valence-electron chi connectivity index (χ1n) is 13.2. The standard InChI is InChI=1S/C30H37FN2O4/c1-37-25-9-10-28-27(19-25)26(13-15-32-28)29(34)11-7-22-14-17-33(20-23(22)8-12-30(35)36)16-3-5-21-4-2-6-24(31)18-21/h2,4,6,9-10,13,15,18-19,22-23,29,34H,3,5,7-8,11-12,14,16-17,20H2,1H3,(H,35,36)/t22-,23+,29?/m1/s1. The molecular formula is C30H37FN2O4. The van der Waals surface area contributed by atoms with E-state index in [9.17, 15) is 19.4 Å². The number of likely N-dealkylation sites (tertiary alicyclic amines) is 1. The van der Waals surface area contributed by atoms with E-state index in [2.05, 4.69) is 9.88 Å². The van der Waals surface area contributed by atoms with Gasteiger partial charge in [-0.3, -0.25) is 9.78 Å². The van der Waals surface area contributed by atoms with E-state index in [1.54, 1.807) is 25.4 Å². The highest BCUT2D eigenvalue weighted by Crippen LogP contribution is 2.35. The van der Waals surface area contributed by atoms with Crippen LogP contribution in [0.1, 0.15) is 55.8 Å². The van der Waals surface area contributed by atoms with Crippen molar-refractivity contribution in [2.45, 2.75) is 51.0 Å². The number of fused-ring (bicyclic) bond motifs is 1. The minimum atomic E-state index is -0.765. The van der Waals surface area contributed by atoms with Crippen LogP contribution in [0.3, 0.4) is 0 Å². The highest BCUT2D eigenvalue weighted by atomic mass is 19.1. The second-order valence-electron chi connectivity index (χ2n) is 10.2. The van der Waals surface area contributed by atoms with Crippen LogP contribution in [0.5, 0.6) is 5.75 Å². The molecule has 0 bridgehead atoms. The summed E-state index contributed by atoms with van der Waals surface area (Å²) >= 11 is 0. The molecule has 2 aromatic carbocycles. The van der Waals surface area contributed by atoms with E-state index >= 15 is 0 Å². The number of aliphatic hydroxyl groups is 1. The van der Waals surface area contributed by atoms with Gasteiger partial charge in [0.25, 0.3) is 0 Å². The van der Waals surface area contributed by atoms with Crippen molar-refractivity contribution in [3.8, 4) is 5.75 Å².